The second kappa shape index (κ2) is 19.6. The van der Waals surface area contributed by atoms with Crippen LogP contribution in [0.2, 0.25) is 15.1 Å². The van der Waals surface area contributed by atoms with Crippen LogP contribution in [0.3, 0.4) is 0 Å². The Bertz CT molecular complexity index is 2370. The van der Waals surface area contributed by atoms with Crippen molar-refractivity contribution in [3.63, 3.8) is 0 Å². The molecule has 3 aromatic carbocycles. The van der Waals surface area contributed by atoms with Gasteiger partial charge in [-0.05, 0) is 132 Å². The predicted molar refractivity (Wildman–Crippen MR) is 241 cm³/mol. The van der Waals surface area contributed by atoms with Crippen molar-refractivity contribution >= 4 is 57.7 Å². The lowest BCUT2D eigenvalue weighted by molar-refractivity contribution is 0.0185. The van der Waals surface area contributed by atoms with Gasteiger partial charge >= 0.3 is 6.09 Å². The highest BCUT2D eigenvalue weighted by atomic mass is 35.5. The summed E-state index contributed by atoms with van der Waals surface area (Å²) in [7, 11) is 0. The fourth-order valence-electron chi connectivity index (χ4n) is 8.16. The monoisotopic (exact) mass is 877 g/mol. The molecule has 1 amide bonds. The number of H-pyrrole nitrogens is 1. The van der Waals surface area contributed by atoms with E-state index < -0.39 is 16.4 Å². The van der Waals surface area contributed by atoms with Crippen molar-refractivity contribution < 1.29 is 9.53 Å². The van der Waals surface area contributed by atoms with E-state index in [9.17, 15) is 20.6 Å². The maximum Gasteiger partial charge on any atom is 0.410 e. The number of benzene rings is 3. The molecule has 8 rings (SSSR count). The SMILES string of the molecule is CC(C)(C)OC(=O)N1CCC(C#N)(c2ccc(Cl)cc2)CC1.N#CC1(c2ccc(Cl)cc2)CCN(c2ncnc3[nH]ccc23)CC1.N#CC1(c2ccc(Cl)cc2)CCNCC1. The summed E-state index contributed by atoms with van der Waals surface area (Å²) in [6.45, 7) is 9.98. The second-order valence-electron chi connectivity index (χ2n) is 16.7. The Hall–Kier alpha value is -5.35. The molecule has 5 aromatic rings. The smallest absolute Gasteiger partial charge is 0.410 e. The van der Waals surface area contributed by atoms with Crippen LogP contribution in [0.4, 0.5) is 10.6 Å². The van der Waals surface area contributed by atoms with Crippen LogP contribution in [0.25, 0.3) is 11.0 Å². The number of aromatic nitrogens is 3. The van der Waals surface area contributed by atoms with Crippen molar-refractivity contribution in [1.29, 1.82) is 15.8 Å². The molecule has 0 bridgehead atoms. The van der Waals surface area contributed by atoms with Crippen molar-refractivity contribution in [1.82, 2.24) is 25.2 Å². The molecule has 0 atom stereocenters. The molecule has 61 heavy (non-hydrogen) atoms. The summed E-state index contributed by atoms with van der Waals surface area (Å²) in [5.74, 6) is 0.934. The molecular weight excluding hydrogens is 829 g/mol. The summed E-state index contributed by atoms with van der Waals surface area (Å²) < 4.78 is 5.39. The van der Waals surface area contributed by atoms with Crippen molar-refractivity contribution in [3.05, 3.63) is 123 Å². The molecule has 0 spiro atoms. The first-order valence-electron chi connectivity index (χ1n) is 20.5. The molecule has 0 unspecified atom stereocenters. The lowest BCUT2D eigenvalue weighted by atomic mass is 9.74. The van der Waals surface area contributed by atoms with Crippen LogP contribution in [-0.2, 0) is 21.0 Å². The van der Waals surface area contributed by atoms with E-state index in [0.717, 1.165) is 90.4 Å². The summed E-state index contributed by atoms with van der Waals surface area (Å²) in [6, 6.07) is 32.2. The van der Waals surface area contributed by atoms with Crippen LogP contribution in [0.1, 0.15) is 76.0 Å². The number of likely N-dealkylation sites (tertiary alicyclic amines) is 1. The number of hydrogen-bond donors (Lipinski definition) is 2. The largest absolute Gasteiger partial charge is 0.444 e. The number of hydrogen-bond acceptors (Lipinski definition) is 9. The minimum absolute atomic E-state index is 0.310. The van der Waals surface area contributed by atoms with E-state index in [1.165, 1.54) is 0 Å². The average molecular weight is 879 g/mol. The molecule has 0 saturated carbocycles. The predicted octanol–water partition coefficient (Wildman–Crippen LogP) is 10.3. The zero-order chi connectivity index (χ0) is 43.7. The molecule has 3 aliphatic rings. The van der Waals surface area contributed by atoms with Gasteiger partial charge in [-0.2, -0.15) is 15.8 Å². The minimum atomic E-state index is -0.552. The number of fused-ring (bicyclic) bond motifs is 1. The lowest BCUT2D eigenvalue weighted by Gasteiger charge is -2.38. The standard InChI is InChI=1S/C18H16ClN5.C17H21ClN2O2.C12H13ClN2/c19-14-3-1-13(2-4-14)18(11-20)6-9-24(10-7-18)17-15-5-8-21-16(15)22-12-23-17;1-16(2,3)22-15(21)20-10-8-17(12-19,9-11-20)13-4-6-14(18)7-5-13;13-11-3-1-10(2-4-11)12(9-14)5-7-15-8-6-12/h1-5,8,12H,6-7,9-10H2,(H,21,22,23);4-7H,8-11H2,1-3H3;1-4,15H,5-8H2. The van der Waals surface area contributed by atoms with Crippen LogP contribution in [-0.4, -0.2) is 70.8 Å². The molecule has 2 N–H and O–H groups in total. The van der Waals surface area contributed by atoms with E-state index in [1.807, 2.05) is 93.7 Å². The topological polar surface area (TPSA) is 158 Å². The minimum Gasteiger partial charge on any atom is -0.444 e. The number of nitrogens with one attached hydrogen (secondary N) is 2. The summed E-state index contributed by atoms with van der Waals surface area (Å²) in [4.78, 5) is 27.8. The van der Waals surface area contributed by atoms with Gasteiger partial charge in [-0.15, -0.1) is 0 Å². The lowest BCUT2D eigenvalue weighted by Crippen LogP contribution is -2.46. The van der Waals surface area contributed by atoms with Crippen molar-refractivity contribution in [3.8, 4) is 18.2 Å². The molecule has 0 aliphatic carbocycles. The Morgan fingerprint density at radius 2 is 1.08 bits per heavy atom. The number of carbonyl (C=O) groups excluding carboxylic acids is 1. The van der Waals surface area contributed by atoms with Crippen LogP contribution in [0.5, 0.6) is 0 Å². The van der Waals surface area contributed by atoms with Gasteiger partial charge in [0.1, 0.15) is 23.4 Å². The number of piperidine rings is 3. The first kappa shape index (κ1) is 45.2. The first-order chi connectivity index (χ1) is 29.2. The molecule has 316 valence electrons. The Balaban J connectivity index is 0.000000157. The van der Waals surface area contributed by atoms with Crippen LogP contribution < -0.4 is 10.2 Å². The Morgan fingerprint density at radius 3 is 1.51 bits per heavy atom. The normalized spacial score (nSPS) is 17.8. The molecule has 3 aliphatic heterocycles. The number of carbonyl (C=O) groups is 1. The third kappa shape index (κ3) is 10.8. The number of nitriles is 3. The highest BCUT2D eigenvalue weighted by Gasteiger charge is 2.40. The zero-order valence-electron chi connectivity index (χ0n) is 34.7. The van der Waals surface area contributed by atoms with Crippen LogP contribution in [0.15, 0.2) is 91.4 Å². The van der Waals surface area contributed by atoms with E-state index in [2.05, 4.69) is 43.4 Å². The van der Waals surface area contributed by atoms with Gasteiger partial charge in [0.15, 0.2) is 0 Å². The number of nitrogens with zero attached hydrogens (tertiary/aromatic N) is 7. The van der Waals surface area contributed by atoms with Crippen molar-refractivity contribution in [2.24, 2.45) is 0 Å². The van der Waals surface area contributed by atoms with Gasteiger partial charge in [0, 0.05) is 47.4 Å². The zero-order valence-corrected chi connectivity index (χ0v) is 37.0. The number of aromatic amines is 1. The fraction of sp³-hybridized carbons (Fsp3) is 0.404. The number of amides is 1. The van der Waals surface area contributed by atoms with Crippen LogP contribution >= 0.6 is 34.8 Å². The van der Waals surface area contributed by atoms with E-state index in [0.29, 0.717) is 36.0 Å². The van der Waals surface area contributed by atoms with E-state index in [-0.39, 0.29) is 11.5 Å². The molecule has 0 radical (unpaired) electrons. The number of halogens is 3. The molecule has 14 heteroatoms. The maximum absolute atomic E-state index is 12.1. The van der Waals surface area contributed by atoms with Crippen LogP contribution in [0, 0.1) is 34.0 Å². The molecule has 5 heterocycles. The average Bonchev–Trinajstić information content (AvgIpc) is 3.77. The number of rotatable bonds is 4. The van der Waals surface area contributed by atoms with E-state index in [4.69, 9.17) is 39.5 Å². The molecule has 2 aromatic heterocycles. The first-order valence-corrected chi connectivity index (χ1v) is 21.6. The quantitative estimate of drug-likeness (QED) is 0.179. The maximum atomic E-state index is 12.1. The van der Waals surface area contributed by atoms with E-state index >= 15 is 0 Å². The van der Waals surface area contributed by atoms with Gasteiger partial charge in [-0.3, -0.25) is 0 Å². The third-order valence-corrected chi connectivity index (χ3v) is 12.6. The van der Waals surface area contributed by atoms with Gasteiger partial charge in [-0.1, -0.05) is 71.2 Å². The van der Waals surface area contributed by atoms with Crippen molar-refractivity contribution in [2.75, 3.05) is 44.2 Å². The molecule has 3 saturated heterocycles. The van der Waals surface area contributed by atoms with Crippen molar-refractivity contribution in [2.45, 2.75) is 81.1 Å². The van der Waals surface area contributed by atoms with E-state index in [1.54, 1.807) is 23.4 Å². The Morgan fingerprint density at radius 1 is 0.656 bits per heavy atom. The summed E-state index contributed by atoms with van der Waals surface area (Å²) in [5.41, 5.74) is 2.12. The highest BCUT2D eigenvalue weighted by molar-refractivity contribution is 6.31. The Kier molecular flexibility index (Phi) is 14.5. The number of ether oxygens (including phenoxy) is 1. The second-order valence-corrected chi connectivity index (χ2v) is 18.1. The van der Waals surface area contributed by atoms with Gasteiger partial charge < -0.3 is 24.8 Å². The van der Waals surface area contributed by atoms with Gasteiger partial charge in [-0.25, -0.2) is 14.8 Å². The highest BCUT2D eigenvalue weighted by Crippen LogP contribution is 2.39. The van der Waals surface area contributed by atoms with Gasteiger partial charge in [0.05, 0.1) is 39.8 Å². The summed E-state index contributed by atoms with van der Waals surface area (Å²) in [6.07, 6.45) is 7.64. The summed E-state index contributed by atoms with van der Waals surface area (Å²) >= 11 is 17.7. The number of anilines is 1. The molecule has 11 nitrogen and oxygen atoms in total. The molecular formula is C47H50Cl3N9O2. The van der Waals surface area contributed by atoms with Gasteiger partial charge in [0.2, 0.25) is 0 Å². The third-order valence-electron chi connectivity index (χ3n) is 11.8. The van der Waals surface area contributed by atoms with Gasteiger partial charge in [0.25, 0.3) is 0 Å². The molecule has 3 fully saturated rings. The Labute approximate surface area is 373 Å². The fourth-order valence-corrected chi connectivity index (χ4v) is 8.54. The summed E-state index contributed by atoms with van der Waals surface area (Å²) in [5, 5.41) is 35.2.